The van der Waals surface area contributed by atoms with E-state index in [2.05, 4.69) is 30.8 Å². The van der Waals surface area contributed by atoms with Gasteiger partial charge in [0.25, 0.3) is 5.91 Å². The van der Waals surface area contributed by atoms with Crippen molar-refractivity contribution in [3.63, 3.8) is 0 Å². The summed E-state index contributed by atoms with van der Waals surface area (Å²) >= 11 is 0. The number of hydrogen-bond donors (Lipinski definition) is 3. The van der Waals surface area contributed by atoms with E-state index in [0.29, 0.717) is 31.2 Å². The molecule has 0 aliphatic carbocycles. The zero-order valence-corrected chi connectivity index (χ0v) is 16.9. The molecule has 1 atom stereocenters. The van der Waals surface area contributed by atoms with Gasteiger partial charge in [0.05, 0.1) is 17.9 Å². The van der Waals surface area contributed by atoms with Gasteiger partial charge < -0.3 is 20.4 Å². The lowest BCUT2D eigenvalue weighted by molar-refractivity contribution is 0.0954. The molecule has 1 aliphatic heterocycles. The van der Waals surface area contributed by atoms with E-state index in [9.17, 15) is 4.79 Å². The molecule has 3 rings (SSSR count). The van der Waals surface area contributed by atoms with E-state index in [4.69, 9.17) is 4.42 Å². The normalized spacial score (nSPS) is 16.2. The van der Waals surface area contributed by atoms with Crippen molar-refractivity contribution in [1.82, 2.24) is 25.8 Å². The number of rotatable bonds is 8. The minimum absolute atomic E-state index is 0.133. The van der Waals surface area contributed by atoms with E-state index < -0.39 is 0 Å². The zero-order valence-electron chi connectivity index (χ0n) is 16.9. The first kappa shape index (κ1) is 20.9. The number of pyridine rings is 1. The van der Waals surface area contributed by atoms with Crippen molar-refractivity contribution in [2.24, 2.45) is 4.99 Å². The van der Waals surface area contributed by atoms with Crippen LogP contribution in [-0.4, -0.2) is 61.5 Å². The minimum atomic E-state index is -0.133. The van der Waals surface area contributed by atoms with E-state index in [-0.39, 0.29) is 11.9 Å². The monoisotopic (exact) mass is 398 g/mol. The van der Waals surface area contributed by atoms with Crippen LogP contribution < -0.4 is 16.0 Å². The summed E-state index contributed by atoms with van der Waals surface area (Å²) in [5, 5.41) is 9.50. The molecular weight excluding hydrogens is 368 g/mol. The number of piperidine rings is 1. The SMILES string of the molecule is CN=C(NCCNC(=O)c1cccnc1)NCC(c1ccco1)N1CCCCC1. The second kappa shape index (κ2) is 11.2. The molecule has 1 saturated heterocycles. The van der Waals surface area contributed by atoms with Gasteiger partial charge in [0.2, 0.25) is 0 Å². The molecular formula is C21H30N6O2. The summed E-state index contributed by atoms with van der Waals surface area (Å²) in [6.45, 7) is 3.93. The van der Waals surface area contributed by atoms with Gasteiger partial charge >= 0.3 is 0 Å². The van der Waals surface area contributed by atoms with Gasteiger partial charge in [-0.05, 0) is 50.2 Å². The number of likely N-dealkylation sites (tertiary alicyclic amines) is 1. The number of nitrogens with one attached hydrogen (secondary N) is 3. The Bertz CT molecular complexity index is 757. The molecule has 0 aromatic carbocycles. The Morgan fingerprint density at radius 1 is 1.17 bits per heavy atom. The van der Waals surface area contributed by atoms with Gasteiger partial charge in [-0.1, -0.05) is 6.42 Å². The molecule has 1 unspecified atom stereocenters. The first-order valence-corrected chi connectivity index (χ1v) is 10.2. The van der Waals surface area contributed by atoms with Crippen LogP contribution in [0, 0.1) is 0 Å². The van der Waals surface area contributed by atoms with Crippen molar-refractivity contribution in [1.29, 1.82) is 0 Å². The van der Waals surface area contributed by atoms with Gasteiger partial charge in [0, 0.05) is 39.1 Å². The highest BCUT2D eigenvalue weighted by Gasteiger charge is 2.24. The van der Waals surface area contributed by atoms with Gasteiger partial charge in [-0.3, -0.25) is 19.7 Å². The molecule has 3 heterocycles. The molecule has 0 spiro atoms. The van der Waals surface area contributed by atoms with Crippen LogP contribution in [-0.2, 0) is 0 Å². The van der Waals surface area contributed by atoms with Gasteiger partial charge in [0.1, 0.15) is 5.76 Å². The molecule has 8 nitrogen and oxygen atoms in total. The molecule has 0 saturated carbocycles. The molecule has 0 radical (unpaired) electrons. The number of nitrogens with zero attached hydrogens (tertiary/aromatic N) is 3. The average Bonchev–Trinajstić information content (AvgIpc) is 3.31. The Labute approximate surface area is 171 Å². The molecule has 3 N–H and O–H groups in total. The summed E-state index contributed by atoms with van der Waals surface area (Å²) in [5.74, 6) is 1.54. The fraction of sp³-hybridized carbons (Fsp3) is 0.476. The van der Waals surface area contributed by atoms with Crippen LogP contribution in [0.4, 0.5) is 0 Å². The highest BCUT2D eigenvalue weighted by molar-refractivity contribution is 5.93. The van der Waals surface area contributed by atoms with Crippen molar-refractivity contribution >= 4 is 11.9 Å². The lowest BCUT2D eigenvalue weighted by Gasteiger charge is -2.33. The summed E-state index contributed by atoms with van der Waals surface area (Å²) in [6.07, 6.45) is 8.67. The van der Waals surface area contributed by atoms with Gasteiger partial charge in [-0.25, -0.2) is 0 Å². The number of furan rings is 1. The maximum Gasteiger partial charge on any atom is 0.252 e. The highest BCUT2D eigenvalue weighted by Crippen LogP contribution is 2.24. The quantitative estimate of drug-likeness (QED) is 0.357. The van der Waals surface area contributed by atoms with Crippen molar-refractivity contribution in [3.05, 3.63) is 54.2 Å². The Morgan fingerprint density at radius 2 is 2.00 bits per heavy atom. The number of aliphatic imine (C=N–C) groups is 1. The van der Waals surface area contributed by atoms with Crippen LogP contribution in [0.1, 0.15) is 41.4 Å². The summed E-state index contributed by atoms with van der Waals surface area (Å²) in [6, 6.07) is 7.63. The van der Waals surface area contributed by atoms with Gasteiger partial charge in [-0.15, -0.1) is 0 Å². The number of carbonyl (C=O) groups is 1. The van der Waals surface area contributed by atoms with Crippen LogP contribution in [0.2, 0.25) is 0 Å². The van der Waals surface area contributed by atoms with Gasteiger partial charge in [0.15, 0.2) is 5.96 Å². The number of amides is 1. The third-order valence-corrected chi connectivity index (χ3v) is 5.02. The Kier molecular flexibility index (Phi) is 8.06. The standard InChI is InChI=1S/C21H30N6O2/c1-22-21(25-11-10-24-20(28)17-7-5-9-23-15-17)26-16-18(19-8-6-14-29-19)27-12-3-2-4-13-27/h5-9,14-15,18H,2-4,10-13,16H2,1H3,(H,24,28)(H2,22,25,26). The van der Waals surface area contributed by atoms with Crippen LogP contribution >= 0.6 is 0 Å². The second-order valence-corrected chi connectivity index (χ2v) is 7.01. The first-order chi connectivity index (χ1) is 14.3. The Balaban J connectivity index is 1.44. The molecule has 8 heteroatoms. The maximum absolute atomic E-state index is 12.0. The first-order valence-electron chi connectivity index (χ1n) is 10.2. The summed E-state index contributed by atoms with van der Waals surface area (Å²) in [5.41, 5.74) is 0.554. The smallest absolute Gasteiger partial charge is 0.252 e. The number of guanidine groups is 1. The molecule has 156 valence electrons. The van der Waals surface area contributed by atoms with E-state index >= 15 is 0 Å². The minimum Gasteiger partial charge on any atom is -0.468 e. The zero-order chi connectivity index (χ0) is 20.3. The summed E-state index contributed by atoms with van der Waals surface area (Å²) in [4.78, 5) is 22.8. The molecule has 0 bridgehead atoms. The summed E-state index contributed by atoms with van der Waals surface area (Å²) < 4.78 is 5.69. The Morgan fingerprint density at radius 3 is 2.69 bits per heavy atom. The molecule has 2 aromatic rings. The van der Waals surface area contributed by atoms with Crippen LogP contribution in [0.3, 0.4) is 0 Å². The van der Waals surface area contributed by atoms with Crippen molar-refractivity contribution in [2.45, 2.75) is 25.3 Å². The van der Waals surface area contributed by atoms with Gasteiger partial charge in [-0.2, -0.15) is 0 Å². The van der Waals surface area contributed by atoms with E-state index in [1.54, 1.807) is 37.8 Å². The number of aromatic nitrogens is 1. The number of hydrogen-bond acceptors (Lipinski definition) is 5. The highest BCUT2D eigenvalue weighted by atomic mass is 16.3. The average molecular weight is 399 g/mol. The predicted molar refractivity (Wildman–Crippen MR) is 113 cm³/mol. The van der Waals surface area contributed by atoms with Crippen LogP contribution in [0.5, 0.6) is 0 Å². The van der Waals surface area contributed by atoms with Crippen molar-refractivity contribution < 1.29 is 9.21 Å². The fourth-order valence-corrected chi connectivity index (χ4v) is 3.49. The maximum atomic E-state index is 12.0. The lowest BCUT2D eigenvalue weighted by atomic mass is 10.1. The fourth-order valence-electron chi connectivity index (χ4n) is 3.49. The van der Waals surface area contributed by atoms with Crippen LogP contribution in [0.15, 0.2) is 52.3 Å². The van der Waals surface area contributed by atoms with E-state index in [0.717, 1.165) is 18.8 Å². The van der Waals surface area contributed by atoms with Crippen LogP contribution in [0.25, 0.3) is 0 Å². The molecule has 29 heavy (non-hydrogen) atoms. The topological polar surface area (TPSA) is 94.8 Å². The lowest BCUT2D eigenvalue weighted by Crippen LogP contribution is -2.46. The predicted octanol–water partition coefficient (Wildman–Crippen LogP) is 1.80. The third-order valence-electron chi connectivity index (χ3n) is 5.02. The largest absolute Gasteiger partial charge is 0.468 e. The van der Waals surface area contributed by atoms with Crippen molar-refractivity contribution in [3.8, 4) is 0 Å². The molecule has 1 fully saturated rings. The summed E-state index contributed by atoms with van der Waals surface area (Å²) in [7, 11) is 1.74. The Hall–Kier alpha value is -2.87. The van der Waals surface area contributed by atoms with Crippen molar-refractivity contribution in [2.75, 3.05) is 39.8 Å². The van der Waals surface area contributed by atoms with E-state index in [1.165, 1.54) is 19.3 Å². The van der Waals surface area contributed by atoms with E-state index in [1.807, 2.05) is 12.1 Å². The molecule has 1 aliphatic rings. The third kappa shape index (κ3) is 6.32. The second-order valence-electron chi connectivity index (χ2n) is 7.01. The molecule has 2 aromatic heterocycles. The number of carbonyl (C=O) groups excluding carboxylic acids is 1. The molecule has 1 amide bonds.